The maximum atomic E-state index is 12.4. The van der Waals surface area contributed by atoms with E-state index in [0.717, 1.165) is 12.8 Å². The van der Waals surface area contributed by atoms with Gasteiger partial charge in [-0.05, 0) is 42.9 Å². The molecule has 7 heteroatoms. The van der Waals surface area contributed by atoms with Crippen molar-refractivity contribution < 1.29 is 17.9 Å². The van der Waals surface area contributed by atoms with Crippen LogP contribution < -0.4 is 10.5 Å². The maximum absolute atomic E-state index is 12.4. The van der Waals surface area contributed by atoms with Gasteiger partial charge in [-0.1, -0.05) is 6.92 Å². The first-order valence-electron chi connectivity index (χ1n) is 6.82. The average molecular weight is 312 g/mol. The Balaban J connectivity index is 2.24. The van der Waals surface area contributed by atoms with Crippen LogP contribution in [0.2, 0.25) is 0 Å². The van der Waals surface area contributed by atoms with E-state index < -0.39 is 16.0 Å². The molecule has 0 radical (unpaired) electrons. The molecule has 0 amide bonds. The lowest BCUT2D eigenvalue weighted by molar-refractivity contribution is 0.0596. The van der Waals surface area contributed by atoms with Crippen LogP contribution in [0.1, 0.15) is 30.1 Å². The molecule has 1 aromatic rings. The second-order valence-corrected chi connectivity index (χ2v) is 7.15. The molecule has 2 rings (SSSR count). The van der Waals surface area contributed by atoms with Crippen LogP contribution in [0.5, 0.6) is 0 Å². The molecule has 0 aromatic heterocycles. The summed E-state index contributed by atoms with van der Waals surface area (Å²) in [4.78, 5) is 11.6. The van der Waals surface area contributed by atoms with Crippen LogP contribution in [-0.4, -0.2) is 28.0 Å². The molecule has 0 aliphatic heterocycles. The second kappa shape index (κ2) is 6.03. The van der Waals surface area contributed by atoms with Gasteiger partial charge in [-0.3, -0.25) is 0 Å². The molecule has 0 saturated heterocycles. The number of benzene rings is 1. The predicted molar refractivity (Wildman–Crippen MR) is 79.3 cm³/mol. The highest BCUT2D eigenvalue weighted by molar-refractivity contribution is 7.89. The number of nitrogen functional groups attached to an aromatic ring is 1. The van der Waals surface area contributed by atoms with Crippen molar-refractivity contribution in [1.29, 1.82) is 0 Å². The highest BCUT2D eigenvalue weighted by atomic mass is 32.2. The summed E-state index contributed by atoms with van der Waals surface area (Å²) in [5, 5.41) is 0. The van der Waals surface area contributed by atoms with Crippen LogP contribution in [0, 0.1) is 11.8 Å². The molecule has 6 nitrogen and oxygen atoms in total. The Kier molecular flexibility index (Phi) is 4.53. The molecule has 1 aromatic carbocycles. The van der Waals surface area contributed by atoms with Crippen molar-refractivity contribution in [2.45, 2.75) is 24.7 Å². The van der Waals surface area contributed by atoms with E-state index >= 15 is 0 Å². The number of sulfonamides is 1. The lowest BCUT2D eigenvalue weighted by atomic mass is 10.1. The van der Waals surface area contributed by atoms with Gasteiger partial charge in [0.2, 0.25) is 10.0 Å². The first-order chi connectivity index (χ1) is 9.85. The van der Waals surface area contributed by atoms with Gasteiger partial charge in [-0.25, -0.2) is 17.9 Å². The van der Waals surface area contributed by atoms with Crippen LogP contribution in [0.25, 0.3) is 0 Å². The number of rotatable bonds is 6. The fourth-order valence-electron chi connectivity index (χ4n) is 2.20. The molecule has 1 saturated carbocycles. The highest BCUT2D eigenvalue weighted by Gasteiger charge is 2.30. The van der Waals surface area contributed by atoms with Gasteiger partial charge in [0.1, 0.15) is 0 Å². The van der Waals surface area contributed by atoms with Crippen LogP contribution in [0.3, 0.4) is 0 Å². The molecule has 1 aliphatic rings. The average Bonchev–Trinajstić information content (AvgIpc) is 3.28. The predicted octanol–water partition coefficient (Wildman–Crippen LogP) is 1.38. The minimum absolute atomic E-state index is 0.0518. The second-order valence-electron chi connectivity index (χ2n) is 5.41. The third-order valence-corrected chi connectivity index (χ3v) is 5.20. The molecular formula is C14H20N2O4S. The molecule has 0 bridgehead atoms. The van der Waals surface area contributed by atoms with E-state index in [1.807, 2.05) is 6.92 Å². The molecule has 1 unspecified atom stereocenters. The van der Waals surface area contributed by atoms with Crippen LogP contribution in [0.4, 0.5) is 5.69 Å². The zero-order valence-electron chi connectivity index (χ0n) is 12.1. The molecule has 1 atom stereocenters. The highest BCUT2D eigenvalue weighted by Crippen LogP contribution is 2.36. The van der Waals surface area contributed by atoms with Crippen molar-refractivity contribution in [1.82, 2.24) is 4.72 Å². The summed E-state index contributed by atoms with van der Waals surface area (Å²) in [6.45, 7) is 2.38. The minimum Gasteiger partial charge on any atom is -0.465 e. The Bertz CT molecular complexity index is 638. The number of methoxy groups -OCH3 is 1. The first-order valence-corrected chi connectivity index (χ1v) is 8.31. The summed E-state index contributed by atoms with van der Waals surface area (Å²) in [5.41, 5.74) is 5.86. The summed E-state index contributed by atoms with van der Waals surface area (Å²) >= 11 is 0. The first kappa shape index (κ1) is 15.8. The van der Waals surface area contributed by atoms with E-state index in [1.165, 1.54) is 25.3 Å². The zero-order valence-corrected chi connectivity index (χ0v) is 12.9. The van der Waals surface area contributed by atoms with Gasteiger partial charge in [0.25, 0.3) is 0 Å². The number of hydrogen-bond donors (Lipinski definition) is 2. The van der Waals surface area contributed by atoms with E-state index in [-0.39, 0.29) is 16.4 Å². The van der Waals surface area contributed by atoms with Gasteiger partial charge < -0.3 is 10.5 Å². The van der Waals surface area contributed by atoms with E-state index in [0.29, 0.717) is 18.2 Å². The fraction of sp³-hybridized carbons (Fsp3) is 0.500. The van der Waals surface area contributed by atoms with Gasteiger partial charge >= 0.3 is 5.97 Å². The van der Waals surface area contributed by atoms with E-state index in [9.17, 15) is 13.2 Å². The molecule has 21 heavy (non-hydrogen) atoms. The number of hydrogen-bond acceptors (Lipinski definition) is 5. The third kappa shape index (κ3) is 3.74. The standard InChI is InChI=1S/C14H20N2O4S/c1-9(10-3-4-10)8-16-21(18,19)13-6-5-11(15)7-12(13)14(17)20-2/h5-7,9-10,16H,3-4,8,15H2,1-2H3. The largest absolute Gasteiger partial charge is 0.465 e. The van der Waals surface area contributed by atoms with Crippen molar-refractivity contribution in [2.24, 2.45) is 11.8 Å². The van der Waals surface area contributed by atoms with Crippen LogP contribution in [-0.2, 0) is 14.8 Å². The number of carbonyl (C=O) groups excluding carboxylic acids is 1. The molecule has 0 spiro atoms. The monoisotopic (exact) mass is 312 g/mol. The fourth-order valence-corrected chi connectivity index (χ4v) is 3.52. The zero-order chi connectivity index (χ0) is 15.6. The normalized spacial score (nSPS) is 16.5. The van der Waals surface area contributed by atoms with Gasteiger partial charge in [0.15, 0.2) is 0 Å². The Labute approximate surface area is 124 Å². The van der Waals surface area contributed by atoms with Crippen molar-refractivity contribution in [3.05, 3.63) is 23.8 Å². The number of anilines is 1. The number of nitrogens with two attached hydrogens (primary N) is 1. The molecule has 116 valence electrons. The summed E-state index contributed by atoms with van der Waals surface area (Å²) < 4.78 is 31.9. The maximum Gasteiger partial charge on any atom is 0.339 e. The number of ether oxygens (including phenoxy) is 1. The van der Waals surface area contributed by atoms with E-state index in [4.69, 9.17) is 5.73 Å². The van der Waals surface area contributed by atoms with Crippen LogP contribution in [0.15, 0.2) is 23.1 Å². The van der Waals surface area contributed by atoms with E-state index in [1.54, 1.807) is 0 Å². The van der Waals surface area contributed by atoms with Gasteiger partial charge in [-0.2, -0.15) is 0 Å². The number of carbonyl (C=O) groups is 1. The van der Waals surface area contributed by atoms with Gasteiger partial charge in [0, 0.05) is 12.2 Å². The topological polar surface area (TPSA) is 98.5 Å². The lowest BCUT2D eigenvalue weighted by Crippen LogP contribution is -2.30. The summed E-state index contributed by atoms with van der Waals surface area (Å²) in [6, 6.07) is 4.09. The molecule has 0 heterocycles. The molecule has 3 N–H and O–H groups in total. The van der Waals surface area contributed by atoms with Crippen LogP contribution >= 0.6 is 0 Å². The number of esters is 1. The van der Waals surface area contributed by atoms with Crippen molar-refractivity contribution in [3.63, 3.8) is 0 Å². The molecule has 1 aliphatic carbocycles. The Morgan fingerprint density at radius 3 is 2.71 bits per heavy atom. The Morgan fingerprint density at radius 1 is 1.48 bits per heavy atom. The summed E-state index contributed by atoms with van der Waals surface area (Å²) in [7, 11) is -2.57. The summed E-state index contributed by atoms with van der Waals surface area (Å²) in [6.07, 6.45) is 2.30. The number of nitrogens with one attached hydrogen (secondary N) is 1. The Hall–Kier alpha value is -1.60. The van der Waals surface area contributed by atoms with Crippen molar-refractivity contribution in [3.8, 4) is 0 Å². The van der Waals surface area contributed by atoms with Gasteiger partial charge in [0.05, 0.1) is 17.6 Å². The minimum atomic E-state index is -3.77. The van der Waals surface area contributed by atoms with E-state index in [2.05, 4.69) is 9.46 Å². The Morgan fingerprint density at radius 2 is 2.14 bits per heavy atom. The lowest BCUT2D eigenvalue weighted by Gasteiger charge is -2.14. The quantitative estimate of drug-likeness (QED) is 0.611. The smallest absolute Gasteiger partial charge is 0.339 e. The van der Waals surface area contributed by atoms with Gasteiger partial charge in [-0.15, -0.1) is 0 Å². The summed E-state index contributed by atoms with van der Waals surface area (Å²) in [5.74, 6) is 0.159. The molecular weight excluding hydrogens is 292 g/mol. The third-order valence-electron chi connectivity index (χ3n) is 3.72. The van der Waals surface area contributed by atoms with Crippen molar-refractivity contribution in [2.75, 3.05) is 19.4 Å². The molecule has 1 fully saturated rings. The van der Waals surface area contributed by atoms with Crippen molar-refractivity contribution >= 4 is 21.7 Å². The SMILES string of the molecule is COC(=O)c1cc(N)ccc1S(=O)(=O)NCC(C)C1CC1.